The molecule has 13 heteroatoms. The van der Waals surface area contributed by atoms with Gasteiger partial charge in [0.05, 0.1) is 15.3 Å². The van der Waals surface area contributed by atoms with Crippen LogP contribution in [0.3, 0.4) is 0 Å². The number of aliphatic hydroxyl groups is 1. The number of rotatable bonds is 10. The average Bonchev–Trinajstić information content (AvgIpc) is 3.39. The van der Waals surface area contributed by atoms with Crippen molar-refractivity contribution in [3.8, 4) is 0 Å². The van der Waals surface area contributed by atoms with Gasteiger partial charge in [0, 0.05) is 37.6 Å². The Morgan fingerprint density at radius 3 is 1.71 bits per heavy atom. The third kappa shape index (κ3) is 16.6. The monoisotopic (exact) mass is 661 g/mol. The minimum atomic E-state index is -0.747. The van der Waals surface area contributed by atoms with Crippen LogP contribution < -0.4 is 27.0 Å². The molecule has 0 bridgehead atoms. The third-order valence-corrected chi connectivity index (χ3v) is 6.67. The molecule has 1 heterocycles. The van der Waals surface area contributed by atoms with Crippen LogP contribution in [0.2, 0.25) is 4.34 Å². The minimum Gasteiger partial charge on any atom is -0.444 e. The Hall–Kier alpha value is -4.00. The highest BCUT2D eigenvalue weighted by Crippen LogP contribution is 2.21. The highest BCUT2D eigenvalue weighted by Gasteiger charge is 2.16. The zero-order valence-electron chi connectivity index (χ0n) is 26.5. The van der Waals surface area contributed by atoms with Gasteiger partial charge in [-0.1, -0.05) is 35.9 Å². The molecule has 246 valence electrons. The molecule has 0 aliphatic heterocycles. The molecule has 1 unspecified atom stereocenters. The normalized spacial score (nSPS) is 11.7. The van der Waals surface area contributed by atoms with Gasteiger partial charge in [-0.15, -0.1) is 11.3 Å². The van der Waals surface area contributed by atoms with Crippen LogP contribution in [0.15, 0.2) is 60.7 Å². The molecule has 3 amide bonds. The molecule has 45 heavy (non-hydrogen) atoms. The number of aliphatic hydroxyl groups excluding tert-OH is 1. The SMILES string of the molecule is CC(C)(C)OC(=O)NCc1ccc(N)cc1.CC(C)(C)OC(=O)NCc1ccc(NCC(O)CNC(=O)c2ccc(Cl)s2)cc1. The summed E-state index contributed by atoms with van der Waals surface area (Å²) in [5.74, 6) is -0.261. The van der Waals surface area contributed by atoms with Crippen molar-refractivity contribution in [3.63, 3.8) is 0 Å². The van der Waals surface area contributed by atoms with E-state index in [-0.39, 0.29) is 19.0 Å². The van der Waals surface area contributed by atoms with Gasteiger partial charge in [-0.25, -0.2) is 9.59 Å². The van der Waals surface area contributed by atoms with Crippen molar-refractivity contribution in [3.05, 3.63) is 81.0 Å². The van der Waals surface area contributed by atoms with Crippen molar-refractivity contribution in [2.45, 2.75) is 71.9 Å². The Bertz CT molecular complexity index is 1370. The number of anilines is 2. The Kier molecular flexibility index (Phi) is 14.4. The third-order valence-electron chi connectivity index (χ3n) is 5.44. The smallest absolute Gasteiger partial charge is 0.407 e. The molecule has 1 atom stereocenters. The van der Waals surface area contributed by atoms with Gasteiger partial charge in [0.25, 0.3) is 5.91 Å². The van der Waals surface area contributed by atoms with E-state index in [1.165, 1.54) is 11.3 Å². The van der Waals surface area contributed by atoms with E-state index in [0.29, 0.717) is 28.0 Å². The van der Waals surface area contributed by atoms with Crippen LogP contribution in [-0.4, -0.2) is 53.6 Å². The minimum absolute atomic E-state index is 0.124. The van der Waals surface area contributed by atoms with E-state index in [1.54, 1.807) is 24.3 Å². The first-order chi connectivity index (χ1) is 21.0. The highest BCUT2D eigenvalue weighted by molar-refractivity contribution is 7.18. The van der Waals surface area contributed by atoms with Crippen LogP contribution in [-0.2, 0) is 22.6 Å². The highest BCUT2D eigenvalue weighted by atomic mass is 35.5. The van der Waals surface area contributed by atoms with Crippen molar-refractivity contribution < 1.29 is 29.0 Å². The van der Waals surface area contributed by atoms with Crippen LogP contribution in [0.25, 0.3) is 0 Å². The molecule has 0 aliphatic carbocycles. The molecule has 0 saturated carbocycles. The summed E-state index contributed by atoms with van der Waals surface area (Å²) in [5, 5.41) is 21.2. The number of alkyl carbamates (subject to hydrolysis) is 2. The number of nitrogens with two attached hydrogens (primary N) is 1. The van der Waals surface area contributed by atoms with Gasteiger partial charge in [-0.2, -0.15) is 0 Å². The molecule has 0 saturated heterocycles. The Balaban J connectivity index is 0.000000372. The Morgan fingerprint density at radius 2 is 1.27 bits per heavy atom. The van der Waals surface area contributed by atoms with Crippen molar-refractivity contribution in [2.75, 3.05) is 24.1 Å². The lowest BCUT2D eigenvalue weighted by Crippen LogP contribution is -2.35. The summed E-state index contributed by atoms with van der Waals surface area (Å²) in [7, 11) is 0. The Labute approximate surface area is 273 Å². The summed E-state index contributed by atoms with van der Waals surface area (Å²) in [4.78, 5) is 35.4. The quantitative estimate of drug-likeness (QED) is 0.146. The maximum Gasteiger partial charge on any atom is 0.407 e. The van der Waals surface area contributed by atoms with Crippen LogP contribution in [0.5, 0.6) is 0 Å². The molecule has 0 fully saturated rings. The number of thiophene rings is 1. The van der Waals surface area contributed by atoms with Gasteiger partial charge in [0.1, 0.15) is 11.2 Å². The van der Waals surface area contributed by atoms with Crippen molar-refractivity contribution >= 4 is 52.4 Å². The molecular weight excluding hydrogens is 618 g/mol. The number of nitrogen functional groups attached to an aromatic ring is 1. The fourth-order valence-corrected chi connectivity index (χ4v) is 4.35. The van der Waals surface area contributed by atoms with Gasteiger partial charge in [0.15, 0.2) is 0 Å². The number of ether oxygens (including phenoxy) is 2. The number of nitrogens with one attached hydrogen (secondary N) is 4. The zero-order valence-corrected chi connectivity index (χ0v) is 28.1. The molecule has 1 aromatic heterocycles. The van der Waals surface area contributed by atoms with Crippen LogP contribution in [0.4, 0.5) is 21.0 Å². The van der Waals surface area contributed by atoms with Crippen molar-refractivity contribution in [1.29, 1.82) is 0 Å². The summed E-state index contributed by atoms with van der Waals surface area (Å²) in [5.41, 5.74) is 7.99. The molecule has 2 aromatic carbocycles. The lowest BCUT2D eigenvalue weighted by Gasteiger charge is -2.19. The zero-order chi connectivity index (χ0) is 33.6. The van der Waals surface area contributed by atoms with Gasteiger partial charge in [-0.3, -0.25) is 4.79 Å². The maximum absolute atomic E-state index is 11.9. The number of halogens is 1. The number of benzene rings is 2. The lowest BCUT2D eigenvalue weighted by molar-refractivity contribution is 0.0512. The topological polar surface area (TPSA) is 164 Å². The molecule has 11 nitrogen and oxygen atoms in total. The first-order valence-electron chi connectivity index (χ1n) is 14.3. The Morgan fingerprint density at radius 1 is 0.778 bits per heavy atom. The van der Waals surface area contributed by atoms with E-state index < -0.39 is 29.5 Å². The van der Waals surface area contributed by atoms with Crippen LogP contribution >= 0.6 is 22.9 Å². The van der Waals surface area contributed by atoms with Gasteiger partial charge >= 0.3 is 12.2 Å². The second-order valence-corrected chi connectivity index (χ2v) is 13.7. The predicted molar refractivity (Wildman–Crippen MR) is 180 cm³/mol. The van der Waals surface area contributed by atoms with E-state index >= 15 is 0 Å². The van der Waals surface area contributed by atoms with E-state index in [2.05, 4.69) is 21.3 Å². The van der Waals surface area contributed by atoms with Gasteiger partial charge in [0.2, 0.25) is 0 Å². The molecule has 3 rings (SSSR count). The summed E-state index contributed by atoms with van der Waals surface area (Å²) in [6.07, 6.45) is -1.62. The van der Waals surface area contributed by atoms with Crippen LogP contribution in [0.1, 0.15) is 62.3 Å². The number of hydrogen-bond acceptors (Lipinski definition) is 9. The number of carbonyl (C=O) groups is 3. The first-order valence-corrected chi connectivity index (χ1v) is 15.5. The molecule has 7 N–H and O–H groups in total. The summed E-state index contributed by atoms with van der Waals surface area (Å²) < 4.78 is 10.8. The average molecular weight is 662 g/mol. The first kappa shape index (κ1) is 37.2. The number of amides is 3. The van der Waals surface area contributed by atoms with E-state index in [0.717, 1.165) is 16.8 Å². The van der Waals surface area contributed by atoms with E-state index in [9.17, 15) is 19.5 Å². The van der Waals surface area contributed by atoms with Crippen LogP contribution in [0, 0.1) is 0 Å². The fraction of sp³-hybridized carbons (Fsp3) is 0.406. The lowest BCUT2D eigenvalue weighted by atomic mass is 10.2. The summed E-state index contributed by atoms with van der Waals surface area (Å²) in [6.45, 7) is 12.1. The standard InChI is InChI=1S/C20H26ClN3O4S.C12H18N2O2/c1-20(2,3)28-19(27)24-10-13-4-6-14(7-5-13)22-11-15(25)12-23-18(26)16-8-9-17(21)29-16;1-12(2,3)16-11(15)14-8-9-4-6-10(13)7-5-9/h4-9,15,22,25H,10-12H2,1-3H3,(H,23,26)(H,24,27);4-7H,8,13H2,1-3H3,(H,14,15). The van der Waals surface area contributed by atoms with Crippen molar-refractivity contribution in [2.24, 2.45) is 0 Å². The second kappa shape index (κ2) is 17.5. The van der Waals surface area contributed by atoms with Gasteiger partial charge < -0.3 is 41.6 Å². The molecular formula is C32H44ClN5O6S. The number of carbonyl (C=O) groups excluding carboxylic acids is 3. The fourth-order valence-electron chi connectivity index (χ4n) is 3.39. The van der Waals surface area contributed by atoms with Gasteiger partial charge in [-0.05, 0) is 89.1 Å². The maximum atomic E-state index is 11.9. The summed E-state index contributed by atoms with van der Waals surface area (Å²) >= 11 is 7.00. The predicted octanol–water partition coefficient (Wildman–Crippen LogP) is 5.92. The molecule has 3 aromatic rings. The largest absolute Gasteiger partial charge is 0.444 e. The molecule has 0 radical (unpaired) electrons. The molecule has 0 aliphatic rings. The van der Waals surface area contributed by atoms with E-state index in [1.807, 2.05) is 77.9 Å². The second-order valence-electron chi connectivity index (χ2n) is 12.0. The number of hydrogen-bond donors (Lipinski definition) is 6. The van der Waals surface area contributed by atoms with Crippen molar-refractivity contribution in [1.82, 2.24) is 16.0 Å². The van der Waals surface area contributed by atoms with E-state index in [4.69, 9.17) is 26.8 Å². The summed E-state index contributed by atoms with van der Waals surface area (Å²) in [6, 6.07) is 18.1. The molecule has 0 spiro atoms.